The molecule has 1 aromatic heterocycles. The first-order valence-electron chi connectivity index (χ1n) is 9.29. The highest BCUT2D eigenvalue weighted by atomic mass is 35.5. The van der Waals surface area contributed by atoms with E-state index in [2.05, 4.69) is 23.2 Å². The molecule has 1 heterocycles. The molecule has 4 rings (SSSR count). The first kappa shape index (κ1) is 19.2. The van der Waals surface area contributed by atoms with Gasteiger partial charge in [-0.25, -0.2) is 0 Å². The molecule has 0 aliphatic carbocycles. The fourth-order valence-electron chi connectivity index (χ4n) is 3.70. The van der Waals surface area contributed by atoms with Gasteiger partial charge in [0.05, 0.1) is 27.0 Å². The molecule has 1 N–H and O–H groups in total. The van der Waals surface area contributed by atoms with E-state index in [-0.39, 0.29) is 0 Å². The van der Waals surface area contributed by atoms with Gasteiger partial charge in [-0.3, -0.25) is 0 Å². The van der Waals surface area contributed by atoms with Crippen molar-refractivity contribution < 1.29 is 14.2 Å². The Labute approximate surface area is 175 Å². The van der Waals surface area contributed by atoms with E-state index in [9.17, 15) is 0 Å². The van der Waals surface area contributed by atoms with E-state index in [4.69, 9.17) is 25.8 Å². The lowest BCUT2D eigenvalue weighted by atomic mass is 9.98. The Morgan fingerprint density at radius 1 is 0.828 bits per heavy atom. The molecule has 0 fully saturated rings. The molecular formula is C24H22ClNO3. The molecule has 0 aliphatic rings. The first-order chi connectivity index (χ1) is 14.1. The smallest absolute Gasteiger partial charge is 0.203 e. The van der Waals surface area contributed by atoms with Crippen LogP contribution in [0.4, 0.5) is 0 Å². The van der Waals surface area contributed by atoms with Gasteiger partial charge in [-0.05, 0) is 41.0 Å². The summed E-state index contributed by atoms with van der Waals surface area (Å²) in [5.41, 5.74) is 5.47. The molecule has 0 bridgehead atoms. The van der Waals surface area contributed by atoms with Gasteiger partial charge in [0, 0.05) is 22.3 Å². The van der Waals surface area contributed by atoms with Gasteiger partial charge in [0.2, 0.25) is 5.75 Å². The van der Waals surface area contributed by atoms with E-state index in [0.717, 1.165) is 27.7 Å². The number of nitrogens with one attached hydrogen (secondary N) is 1. The molecule has 5 heteroatoms. The Morgan fingerprint density at radius 2 is 1.52 bits per heavy atom. The van der Waals surface area contributed by atoms with Crippen molar-refractivity contribution in [3.63, 3.8) is 0 Å². The van der Waals surface area contributed by atoms with E-state index < -0.39 is 0 Å². The van der Waals surface area contributed by atoms with Gasteiger partial charge in [-0.1, -0.05) is 48.0 Å². The predicted octanol–water partition coefficient (Wildman–Crippen LogP) is 6.10. The van der Waals surface area contributed by atoms with E-state index in [0.29, 0.717) is 28.7 Å². The second kappa shape index (κ2) is 8.10. The van der Waals surface area contributed by atoms with Crippen molar-refractivity contribution in [3.05, 3.63) is 76.8 Å². The van der Waals surface area contributed by atoms with Gasteiger partial charge in [0.1, 0.15) is 0 Å². The van der Waals surface area contributed by atoms with Gasteiger partial charge in [0.15, 0.2) is 11.5 Å². The number of fused-ring (bicyclic) bond motifs is 1. The van der Waals surface area contributed by atoms with Crippen LogP contribution in [-0.4, -0.2) is 26.3 Å². The van der Waals surface area contributed by atoms with Crippen molar-refractivity contribution >= 4 is 22.5 Å². The number of ether oxygens (including phenoxy) is 3. The zero-order chi connectivity index (χ0) is 20.4. The topological polar surface area (TPSA) is 43.5 Å². The second-order valence-corrected chi connectivity index (χ2v) is 7.18. The molecule has 0 spiro atoms. The molecule has 0 saturated heterocycles. The summed E-state index contributed by atoms with van der Waals surface area (Å²) in [5.74, 6) is 1.88. The standard InChI is InChI=1S/C24H22ClNO3/c1-27-21-12-15(13-22(28-2)24(21)29-3)11-19-18-10-9-17(25)14-20(18)26-23(19)16-7-5-4-6-8-16/h4-10,12-14,26H,11H2,1-3H3. The number of aromatic amines is 1. The Hall–Kier alpha value is -3.11. The fourth-order valence-corrected chi connectivity index (χ4v) is 3.88. The summed E-state index contributed by atoms with van der Waals surface area (Å²) in [6.45, 7) is 0. The van der Waals surface area contributed by atoms with Crippen LogP contribution in [0.3, 0.4) is 0 Å². The zero-order valence-electron chi connectivity index (χ0n) is 16.6. The van der Waals surface area contributed by atoms with Crippen molar-refractivity contribution in [2.75, 3.05) is 21.3 Å². The number of hydrogen-bond donors (Lipinski definition) is 1. The van der Waals surface area contributed by atoms with Crippen molar-refractivity contribution in [1.82, 2.24) is 4.98 Å². The Morgan fingerprint density at radius 3 is 2.14 bits per heavy atom. The molecule has 0 saturated carbocycles. The molecule has 0 amide bonds. The number of benzene rings is 3. The maximum atomic E-state index is 6.23. The molecule has 0 radical (unpaired) electrons. The van der Waals surface area contributed by atoms with E-state index in [1.807, 2.05) is 42.5 Å². The van der Waals surface area contributed by atoms with Gasteiger partial charge < -0.3 is 19.2 Å². The number of hydrogen-bond acceptors (Lipinski definition) is 3. The van der Waals surface area contributed by atoms with E-state index >= 15 is 0 Å². The van der Waals surface area contributed by atoms with Crippen LogP contribution in [0.25, 0.3) is 22.2 Å². The average molecular weight is 408 g/mol. The lowest BCUT2D eigenvalue weighted by molar-refractivity contribution is 0.324. The second-order valence-electron chi connectivity index (χ2n) is 6.74. The third-order valence-corrected chi connectivity index (χ3v) is 5.27. The first-order valence-corrected chi connectivity index (χ1v) is 9.66. The maximum absolute atomic E-state index is 6.23. The summed E-state index contributed by atoms with van der Waals surface area (Å²) in [5, 5.41) is 1.85. The predicted molar refractivity (Wildman–Crippen MR) is 118 cm³/mol. The number of aromatic nitrogens is 1. The van der Waals surface area contributed by atoms with Crippen LogP contribution < -0.4 is 14.2 Å². The number of rotatable bonds is 6. The molecule has 0 atom stereocenters. The van der Waals surface area contributed by atoms with Crippen LogP contribution in [0.1, 0.15) is 11.1 Å². The molecule has 0 aliphatic heterocycles. The third kappa shape index (κ3) is 3.64. The van der Waals surface area contributed by atoms with Crippen molar-refractivity contribution in [2.24, 2.45) is 0 Å². The molecule has 4 aromatic rings. The molecule has 0 unspecified atom stereocenters. The maximum Gasteiger partial charge on any atom is 0.203 e. The van der Waals surface area contributed by atoms with E-state index in [1.165, 1.54) is 5.56 Å². The average Bonchev–Trinajstić information content (AvgIpc) is 3.10. The normalized spacial score (nSPS) is 10.9. The van der Waals surface area contributed by atoms with Crippen LogP contribution in [0.5, 0.6) is 17.2 Å². The summed E-state index contributed by atoms with van der Waals surface area (Å²) in [6, 6.07) is 20.2. The molecule has 148 valence electrons. The summed E-state index contributed by atoms with van der Waals surface area (Å²) in [7, 11) is 4.87. The van der Waals surface area contributed by atoms with Crippen molar-refractivity contribution in [1.29, 1.82) is 0 Å². The van der Waals surface area contributed by atoms with Crippen LogP contribution in [0, 0.1) is 0 Å². The van der Waals surface area contributed by atoms with Crippen LogP contribution in [-0.2, 0) is 6.42 Å². The Bertz CT molecular complexity index is 1130. The molecule has 4 nitrogen and oxygen atoms in total. The van der Waals surface area contributed by atoms with Crippen molar-refractivity contribution in [2.45, 2.75) is 6.42 Å². The zero-order valence-corrected chi connectivity index (χ0v) is 17.3. The van der Waals surface area contributed by atoms with Gasteiger partial charge in [0.25, 0.3) is 0 Å². The molecular weight excluding hydrogens is 386 g/mol. The van der Waals surface area contributed by atoms with Crippen LogP contribution in [0.2, 0.25) is 5.02 Å². The Balaban J connectivity index is 1.88. The lowest BCUT2D eigenvalue weighted by Crippen LogP contribution is -1.98. The minimum atomic E-state index is 0.591. The number of H-pyrrole nitrogens is 1. The lowest BCUT2D eigenvalue weighted by Gasteiger charge is -2.14. The number of methoxy groups -OCH3 is 3. The minimum Gasteiger partial charge on any atom is -0.493 e. The largest absolute Gasteiger partial charge is 0.493 e. The highest BCUT2D eigenvalue weighted by Gasteiger charge is 2.18. The SMILES string of the molecule is COc1cc(Cc2c(-c3ccccc3)[nH]c3cc(Cl)ccc23)cc(OC)c1OC. The third-order valence-electron chi connectivity index (χ3n) is 5.04. The molecule has 29 heavy (non-hydrogen) atoms. The summed E-state index contributed by atoms with van der Waals surface area (Å²) in [6.07, 6.45) is 0.697. The van der Waals surface area contributed by atoms with Gasteiger partial charge in [-0.15, -0.1) is 0 Å². The molecule has 3 aromatic carbocycles. The van der Waals surface area contributed by atoms with E-state index in [1.54, 1.807) is 21.3 Å². The fraction of sp³-hybridized carbons (Fsp3) is 0.167. The minimum absolute atomic E-state index is 0.591. The highest BCUT2D eigenvalue weighted by molar-refractivity contribution is 6.31. The van der Waals surface area contributed by atoms with Gasteiger partial charge in [-0.2, -0.15) is 0 Å². The quantitative estimate of drug-likeness (QED) is 0.419. The monoisotopic (exact) mass is 407 g/mol. The van der Waals surface area contributed by atoms with Crippen molar-refractivity contribution in [3.8, 4) is 28.5 Å². The number of halogens is 1. The summed E-state index contributed by atoms with van der Waals surface area (Å²) < 4.78 is 16.5. The summed E-state index contributed by atoms with van der Waals surface area (Å²) >= 11 is 6.23. The highest BCUT2D eigenvalue weighted by Crippen LogP contribution is 2.40. The summed E-state index contributed by atoms with van der Waals surface area (Å²) in [4.78, 5) is 3.55. The van der Waals surface area contributed by atoms with Crippen LogP contribution >= 0.6 is 11.6 Å². The van der Waals surface area contributed by atoms with Crippen LogP contribution in [0.15, 0.2) is 60.7 Å². The van der Waals surface area contributed by atoms with Gasteiger partial charge >= 0.3 is 0 Å². The Kier molecular flexibility index (Phi) is 5.36.